The van der Waals surface area contributed by atoms with Crippen molar-refractivity contribution in [3.8, 4) is 10.9 Å². The molecule has 0 radical (unpaired) electrons. The van der Waals surface area contributed by atoms with E-state index in [2.05, 4.69) is 17.2 Å². The number of ether oxygens (including phenoxy) is 1. The Kier molecular flexibility index (Phi) is 4.92. The summed E-state index contributed by atoms with van der Waals surface area (Å²) in [6.45, 7) is 2.81. The molecule has 0 atom stereocenters. The maximum Gasteiger partial charge on any atom is 0.278 e. The summed E-state index contributed by atoms with van der Waals surface area (Å²) in [5, 5.41) is 5.32. The molecule has 0 bridgehead atoms. The van der Waals surface area contributed by atoms with Gasteiger partial charge in [-0.25, -0.2) is 4.98 Å². The first-order chi connectivity index (χ1) is 9.29. The van der Waals surface area contributed by atoms with Crippen LogP contribution >= 0.6 is 11.3 Å². The Hall–Kier alpha value is -1.88. The molecule has 1 aromatic carbocycles. The fourth-order valence-corrected chi connectivity index (χ4v) is 2.02. The van der Waals surface area contributed by atoms with E-state index in [0.29, 0.717) is 23.1 Å². The van der Waals surface area contributed by atoms with Crippen LogP contribution < -0.4 is 10.1 Å². The smallest absolute Gasteiger partial charge is 0.278 e. The number of thiazole rings is 1. The van der Waals surface area contributed by atoms with Crippen LogP contribution in [0.2, 0.25) is 0 Å². The number of nitrogens with one attached hydrogen (secondary N) is 1. The Balaban J connectivity index is 1.92. The SMILES string of the molecule is CCCCNC(=O)c1ccc(Oc2nccs2)cc1. The van der Waals surface area contributed by atoms with Gasteiger partial charge in [0.05, 0.1) is 0 Å². The molecule has 1 N–H and O–H groups in total. The van der Waals surface area contributed by atoms with Crippen LogP contribution in [0.3, 0.4) is 0 Å². The lowest BCUT2D eigenvalue weighted by Gasteiger charge is -2.05. The number of hydrogen-bond donors (Lipinski definition) is 1. The van der Waals surface area contributed by atoms with Crippen molar-refractivity contribution in [1.82, 2.24) is 10.3 Å². The number of benzene rings is 1. The number of hydrogen-bond acceptors (Lipinski definition) is 4. The number of nitrogens with zero attached hydrogens (tertiary/aromatic N) is 1. The standard InChI is InChI=1S/C14H16N2O2S/c1-2-3-8-15-13(17)11-4-6-12(7-5-11)18-14-16-9-10-19-14/h4-7,9-10H,2-3,8H2,1H3,(H,15,17). The Morgan fingerprint density at radius 1 is 1.37 bits per heavy atom. The Morgan fingerprint density at radius 2 is 2.16 bits per heavy atom. The molecular formula is C14H16N2O2S. The Bertz CT molecular complexity index is 509. The monoisotopic (exact) mass is 276 g/mol. The quantitative estimate of drug-likeness (QED) is 0.822. The largest absolute Gasteiger partial charge is 0.431 e. The van der Waals surface area contributed by atoms with Crippen molar-refractivity contribution in [2.45, 2.75) is 19.8 Å². The summed E-state index contributed by atoms with van der Waals surface area (Å²) in [6, 6.07) is 7.06. The molecule has 0 fully saturated rings. The number of carbonyl (C=O) groups is 1. The number of amides is 1. The van der Waals surface area contributed by atoms with Crippen molar-refractivity contribution in [3.63, 3.8) is 0 Å². The minimum absolute atomic E-state index is 0.0470. The summed E-state index contributed by atoms with van der Waals surface area (Å²) in [5.41, 5.74) is 0.641. The first-order valence-electron chi connectivity index (χ1n) is 6.25. The highest BCUT2D eigenvalue weighted by molar-refractivity contribution is 7.11. The van der Waals surface area contributed by atoms with Gasteiger partial charge in [-0.05, 0) is 30.7 Å². The predicted octanol–water partition coefficient (Wildman–Crippen LogP) is 3.47. The van der Waals surface area contributed by atoms with Gasteiger partial charge in [0.2, 0.25) is 0 Å². The number of rotatable bonds is 6. The van der Waals surface area contributed by atoms with Crippen LogP contribution in [-0.4, -0.2) is 17.4 Å². The second-order valence-electron chi connectivity index (χ2n) is 4.03. The van der Waals surface area contributed by atoms with Crippen molar-refractivity contribution in [2.75, 3.05) is 6.54 Å². The normalized spacial score (nSPS) is 10.2. The molecule has 19 heavy (non-hydrogen) atoms. The topological polar surface area (TPSA) is 51.2 Å². The molecule has 2 rings (SSSR count). The molecule has 0 aliphatic carbocycles. The van der Waals surface area contributed by atoms with Crippen LogP contribution in [0.1, 0.15) is 30.1 Å². The average Bonchev–Trinajstić information content (AvgIpc) is 2.93. The second-order valence-corrected chi connectivity index (χ2v) is 4.89. The lowest BCUT2D eigenvalue weighted by Crippen LogP contribution is -2.24. The average molecular weight is 276 g/mol. The molecule has 4 nitrogen and oxygen atoms in total. The van der Waals surface area contributed by atoms with Crippen LogP contribution in [0.15, 0.2) is 35.8 Å². The van der Waals surface area contributed by atoms with Crippen molar-refractivity contribution < 1.29 is 9.53 Å². The van der Waals surface area contributed by atoms with Gasteiger partial charge in [0.25, 0.3) is 11.1 Å². The van der Waals surface area contributed by atoms with Gasteiger partial charge in [0.15, 0.2) is 0 Å². The third-order valence-electron chi connectivity index (χ3n) is 2.55. The molecule has 0 aliphatic rings. The van der Waals surface area contributed by atoms with Crippen LogP contribution in [0, 0.1) is 0 Å². The highest BCUT2D eigenvalue weighted by Gasteiger charge is 2.05. The molecule has 2 aromatic rings. The van der Waals surface area contributed by atoms with E-state index >= 15 is 0 Å². The molecule has 0 aliphatic heterocycles. The second kappa shape index (κ2) is 6.89. The zero-order valence-electron chi connectivity index (χ0n) is 10.8. The molecule has 0 unspecified atom stereocenters. The highest BCUT2D eigenvalue weighted by Crippen LogP contribution is 2.23. The molecule has 100 valence electrons. The van der Waals surface area contributed by atoms with E-state index in [9.17, 15) is 4.79 Å². The maximum absolute atomic E-state index is 11.8. The van der Waals surface area contributed by atoms with Crippen LogP contribution in [-0.2, 0) is 0 Å². The summed E-state index contributed by atoms with van der Waals surface area (Å²) >= 11 is 1.43. The first-order valence-corrected chi connectivity index (χ1v) is 7.13. The van der Waals surface area contributed by atoms with Crippen molar-refractivity contribution in [2.24, 2.45) is 0 Å². The Morgan fingerprint density at radius 3 is 2.79 bits per heavy atom. The zero-order chi connectivity index (χ0) is 13.5. The molecule has 5 heteroatoms. The molecule has 1 aromatic heterocycles. The zero-order valence-corrected chi connectivity index (χ0v) is 11.6. The van der Waals surface area contributed by atoms with E-state index < -0.39 is 0 Å². The molecule has 0 spiro atoms. The van der Waals surface area contributed by atoms with Gasteiger partial charge in [-0.3, -0.25) is 4.79 Å². The molecular weight excluding hydrogens is 260 g/mol. The van der Waals surface area contributed by atoms with Gasteiger partial charge in [-0.1, -0.05) is 24.7 Å². The summed E-state index contributed by atoms with van der Waals surface area (Å²) < 4.78 is 5.53. The summed E-state index contributed by atoms with van der Waals surface area (Å²) in [4.78, 5) is 15.8. The summed E-state index contributed by atoms with van der Waals surface area (Å²) in [5.74, 6) is 0.634. The lowest BCUT2D eigenvalue weighted by atomic mass is 10.2. The summed E-state index contributed by atoms with van der Waals surface area (Å²) in [7, 11) is 0. The molecule has 0 saturated carbocycles. The number of carbonyl (C=O) groups excluding carboxylic acids is 1. The lowest BCUT2D eigenvalue weighted by molar-refractivity contribution is 0.0953. The van der Waals surface area contributed by atoms with E-state index in [1.54, 1.807) is 30.5 Å². The van der Waals surface area contributed by atoms with E-state index in [0.717, 1.165) is 12.8 Å². The predicted molar refractivity (Wildman–Crippen MR) is 75.9 cm³/mol. The van der Waals surface area contributed by atoms with Gasteiger partial charge in [-0.15, -0.1) is 0 Å². The molecule has 1 heterocycles. The van der Waals surface area contributed by atoms with Gasteiger partial charge in [0, 0.05) is 23.7 Å². The van der Waals surface area contributed by atoms with E-state index in [1.165, 1.54) is 11.3 Å². The van der Waals surface area contributed by atoms with E-state index in [1.807, 2.05) is 5.38 Å². The van der Waals surface area contributed by atoms with Gasteiger partial charge < -0.3 is 10.1 Å². The summed E-state index contributed by atoms with van der Waals surface area (Å²) in [6.07, 6.45) is 3.76. The molecule has 1 amide bonds. The fourth-order valence-electron chi connectivity index (χ4n) is 1.52. The number of unbranched alkanes of at least 4 members (excludes halogenated alkanes) is 1. The first kappa shape index (κ1) is 13.5. The van der Waals surface area contributed by atoms with Gasteiger partial charge >= 0.3 is 0 Å². The fraction of sp³-hybridized carbons (Fsp3) is 0.286. The van der Waals surface area contributed by atoms with E-state index in [-0.39, 0.29) is 5.91 Å². The van der Waals surface area contributed by atoms with Gasteiger partial charge in [0.1, 0.15) is 5.75 Å². The van der Waals surface area contributed by atoms with Crippen LogP contribution in [0.25, 0.3) is 0 Å². The minimum Gasteiger partial charge on any atom is -0.431 e. The minimum atomic E-state index is -0.0470. The van der Waals surface area contributed by atoms with Crippen LogP contribution in [0.4, 0.5) is 0 Å². The van der Waals surface area contributed by atoms with Crippen molar-refractivity contribution in [3.05, 3.63) is 41.4 Å². The van der Waals surface area contributed by atoms with Crippen molar-refractivity contribution in [1.29, 1.82) is 0 Å². The van der Waals surface area contributed by atoms with E-state index in [4.69, 9.17) is 4.74 Å². The van der Waals surface area contributed by atoms with Crippen LogP contribution in [0.5, 0.6) is 10.9 Å². The van der Waals surface area contributed by atoms with Gasteiger partial charge in [-0.2, -0.15) is 0 Å². The number of aromatic nitrogens is 1. The molecule has 0 saturated heterocycles. The highest BCUT2D eigenvalue weighted by atomic mass is 32.1. The third kappa shape index (κ3) is 4.06. The van der Waals surface area contributed by atoms with Crippen molar-refractivity contribution >= 4 is 17.2 Å². The maximum atomic E-state index is 11.8. The Labute approximate surface area is 116 Å². The third-order valence-corrected chi connectivity index (χ3v) is 3.20.